The summed E-state index contributed by atoms with van der Waals surface area (Å²) in [5, 5.41) is 16.4. The van der Waals surface area contributed by atoms with Crippen LogP contribution in [0.15, 0.2) is 60.8 Å². The highest BCUT2D eigenvalue weighted by Gasteiger charge is 2.26. The van der Waals surface area contributed by atoms with Crippen LogP contribution in [-0.4, -0.2) is 32.8 Å². The minimum absolute atomic E-state index is 0.231. The third kappa shape index (κ3) is 4.35. The molecule has 29 heavy (non-hydrogen) atoms. The molecular formula is C22H22N4O3. The summed E-state index contributed by atoms with van der Waals surface area (Å²) in [6.45, 7) is 0. The predicted octanol–water partition coefficient (Wildman–Crippen LogP) is 2.96. The number of carboxylic acids is 1. The fraction of sp³-hybridized carbons (Fsp3) is 0.227. The van der Waals surface area contributed by atoms with E-state index in [4.69, 9.17) is 10.8 Å². The van der Waals surface area contributed by atoms with Crippen LogP contribution >= 0.6 is 0 Å². The van der Waals surface area contributed by atoms with Crippen LogP contribution in [0.2, 0.25) is 0 Å². The summed E-state index contributed by atoms with van der Waals surface area (Å²) in [7, 11) is 0. The van der Waals surface area contributed by atoms with Crippen molar-refractivity contribution in [2.24, 2.45) is 5.73 Å². The molecule has 1 atom stereocenters. The number of para-hydroxylation sites is 1. The Kier molecular flexibility index (Phi) is 5.14. The van der Waals surface area contributed by atoms with Gasteiger partial charge in [0.15, 0.2) is 0 Å². The number of anilines is 1. The van der Waals surface area contributed by atoms with E-state index in [9.17, 15) is 9.59 Å². The zero-order chi connectivity index (χ0) is 20.4. The Morgan fingerprint density at radius 3 is 2.55 bits per heavy atom. The number of hydrogen-bond acceptors (Lipinski definition) is 4. The molecule has 4 N–H and O–H groups in total. The minimum Gasteiger partial charge on any atom is -0.480 e. The molecule has 0 radical (unpaired) electrons. The van der Waals surface area contributed by atoms with Gasteiger partial charge >= 0.3 is 5.97 Å². The number of carbonyl (C=O) groups excluding carboxylic acids is 1. The topological polar surface area (TPSA) is 110 Å². The molecule has 1 aromatic heterocycles. The van der Waals surface area contributed by atoms with Crippen LogP contribution in [0.25, 0.3) is 5.69 Å². The van der Waals surface area contributed by atoms with Crippen LogP contribution in [0.3, 0.4) is 0 Å². The first-order chi connectivity index (χ1) is 14.0. The lowest BCUT2D eigenvalue weighted by atomic mass is 10.1. The fourth-order valence-corrected chi connectivity index (χ4v) is 3.20. The molecule has 0 spiro atoms. The molecule has 1 aliphatic rings. The SMILES string of the molecule is N[C@@H](Cc1ccc(NC(=O)c2ccccc2-n2ccc(C3CC3)n2)cc1)C(=O)O. The Morgan fingerprint density at radius 2 is 1.86 bits per heavy atom. The number of aliphatic carboxylic acids is 1. The van der Waals surface area contributed by atoms with Crippen molar-refractivity contribution in [1.82, 2.24) is 9.78 Å². The molecule has 0 bridgehead atoms. The molecular weight excluding hydrogens is 368 g/mol. The molecule has 1 fully saturated rings. The van der Waals surface area contributed by atoms with E-state index in [1.165, 1.54) is 12.8 Å². The van der Waals surface area contributed by atoms with E-state index in [2.05, 4.69) is 10.4 Å². The lowest BCUT2D eigenvalue weighted by molar-refractivity contribution is -0.138. The predicted molar refractivity (Wildman–Crippen MR) is 109 cm³/mol. The number of carboxylic acid groups (broad SMARTS) is 1. The first-order valence-electron chi connectivity index (χ1n) is 9.55. The Balaban J connectivity index is 1.49. The molecule has 148 valence electrons. The Labute approximate surface area is 168 Å². The minimum atomic E-state index is -1.04. The maximum absolute atomic E-state index is 12.9. The first kappa shape index (κ1) is 18.9. The van der Waals surface area contributed by atoms with Crippen molar-refractivity contribution in [2.45, 2.75) is 31.2 Å². The Bertz CT molecular complexity index is 1040. The molecule has 0 saturated heterocycles. The highest BCUT2D eigenvalue weighted by molar-refractivity contribution is 6.06. The molecule has 1 amide bonds. The molecule has 3 aromatic rings. The van der Waals surface area contributed by atoms with E-state index in [0.29, 0.717) is 17.2 Å². The van der Waals surface area contributed by atoms with E-state index < -0.39 is 12.0 Å². The smallest absolute Gasteiger partial charge is 0.320 e. The molecule has 1 saturated carbocycles. The van der Waals surface area contributed by atoms with Gasteiger partial charge in [-0.05, 0) is 55.2 Å². The van der Waals surface area contributed by atoms with Crippen molar-refractivity contribution in [1.29, 1.82) is 0 Å². The summed E-state index contributed by atoms with van der Waals surface area (Å²) in [4.78, 5) is 23.7. The zero-order valence-corrected chi connectivity index (χ0v) is 15.8. The van der Waals surface area contributed by atoms with E-state index in [0.717, 1.165) is 16.9 Å². The van der Waals surface area contributed by atoms with Crippen molar-refractivity contribution < 1.29 is 14.7 Å². The first-order valence-corrected chi connectivity index (χ1v) is 9.55. The maximum atomic E-state index is 12.9. The molecule has 7 nitrogen and oxygen atoms in total. The van der Waals surface area contributed by atoms with Gasteiger partial charge in [-0.1, -0.05) is 24.3 Å². The maximum Gasteiger partial charge on any atom is 0.320 e. The number of nitrogens with one attached hydrogen (secondary N) is 1. The van der Waals surface area contributed by atoms with Crippen LogP contribution in [0.5, 0.6) is 0 Å². The van der Waals surface area contributed by atoms with E-state index in [-0.39, 0.29) is 12.3 Å². The zero-order valence-electron chi connectivity index (χ0n) is 15.8. The number of rotatable bonds is 7. The quantitative estimate of drug-likeness (QED) is 0.574. The highest BCUT2D eigenvalue weighted by atomic mass is 16.4. The van der Waals surface area contributed by atoms with Gasteiger partial charge < -0.3 is 16.2 Å². The molecule has 2 aromatic carbocycles. The number of nitrogens with two attached hydrogens (primary N) is 1. The molecule has 0 unspecified atom stereocenters. The van der Waals surface area contributed by atoms with Gasteiger partial charge in [0, 0.05) is 17.8 Å². The number of amides is 1. The van der Waals surface area contributed by atoms with Crippen LogP contribution in [-0.2, 0) is 11.2 Å². The van der Waals surface area contributed by atoms with Gasteiger partial charge in [-0.25, -0.2) is 4.68 Å². The average molecular weight is 390 g/mol. The van der Waals surface area contributed by atoms with Crippen molar-refractivity contribution in [3.05, 3.63) is 77.6 Å². The Morgan fingerprint density at radius 1 is 1.14 bits per heavy atom. The van der Waals surface area contributed by atoms with E-state index in [1.54, 1.807) is 35.0 Å². The summed E-state index contributed by atoms with van der Waals surface area (Å²) in [6.07, 6.45) is 4.47. The van der Waals surface area contributed by atoms with Gasteiger partial charge in [0.2, 0.25) is 0 Å². The second-order valence-corrected chi connectivity index (χ2v) is 7.28. The van der Waals surface area contributed by atoms with E-state index in [1.807, 2.05) is 30.5 Å². The van der Waals surface area contributed by atoms with Crippen LogP contribution < -0.4 is 11.1 Å². The normalized spacial score (nSPS) is 14.4. The third-order valence-corrected chi connectivity index (χ3v) is 4.99. The van der Waals surface area contributed by atoms with Crippen LogP contribution in [0.4, 0.5) is 5.69 Å². The van der Waals surface area contributed by atoms with Gasteiger partial charge in [0.1, 0.15) is 6.04 Å². The number of nitrogens with zero attached hydrogens (tertiary/aromatic N) is 2. The third-order valence-electron chi connectivity index (χ3n) is 4.99. The monoisotopic (exact) mass is 390 g/mol. The Hall–Kier alpha value is -3.45. The van der Waals surface area contributed by atoms with Gasteiger partial charge in [-0.15, -0.1) is 0 Å². The largest absolute Gasteiger partial charge is 0.480 e. The molecule has 0 aliphatic heterocycles. The van der Waals surface area contributed by atoms with Gasteiger partial charge in [0.25, 0.3) is 5.91 Å². The van der Waals surface area contributed by atoms with Crippen molar-refractivity contribution in [2.75, 3.05) is 5.32 Å². The van der Waals surface area contributed by atoms with Gasteiger partial charge in [-0.3, -0.25) is 9.59 Å². The molecule has 1 aliphatic carbocycles. The van der Waals surface area contributed by atoms with Crippen molar-refractivity contribution in [3.8, 4) is 5.69 Å². The van der Waals surface area contributed by atoms with E-state index >= 15 is 0 Å². The molecule has 1 heterocycles. The lowest BCUT2D eigenvalue weighted by Gasteiger charge is -2.11. The molecule has 4 rings (SSSR count). The number of hydrogen-bond donors (Lipinski definition) is 3. The summed E-state index contributed by atoms with van der Waals surface area (Å²) in [6, 6.07) is 15.4. The molecule has 7 heteroatoms. The fourth-order valence-electron chi connectivity index (χ4n) is 3.20. The second kappa shape index (κ2) is 7.89. The lowest BCUT2D eigenvalue weighted by Crippen LogP contribution is -2.32. The number of aromatic nitrogens is 2. The standard InChI is InChI=1S/C22H22N4O3/c23-18(22(28)29)13-14-5-9-16(10-6-14)24-21(27)17-3-1-2-4-20(17)26-12-11-19(25-26)15-7-8-15/h1-6,9-12,15,18H,7-8,13,23H2,(H,24,27)(H,28,29)/t18-/m0/s1. The second-order valence-electron chi connectivity index (χ2n) is 7.28. The van der Waals surface area contributed by atoms with Crippen LogP contribution in [0.1, 0.15) is 40.4 Å². The summed E-state index contributed by atoms with van der Waals surface area (Å²) in [5.74, 6) is -0.730. The summed E-state index contributed by atoms with van der Waals surface area (Å²) < 4.78 is 1.75. The van der Waals surface area contributed by atoms with Gasteiger partial charge in [-0.2, -0.15) is 5.10 Å². The highest BCUT2D eigenvalue weighted by Crippen LogP contribution is 2.39. The summed E-state index contributed by atoms with van der Waals surface area (Å²) >= 11 is 0. The van der Waals surface area contributed by atoms with Gasteiger partial charge in [0.05, 0.1) is 16.9 Å². The summed E-state index contributed by atoms with van der Waals surface area (Å²) in [5.41, 5.74) is 9.29. The van der Waals surface area contributed by atoms with Crippen LogP contribution in [0, 0.1) is 0 Å². The average Bonchev–Trinajstić information content (AvgIpc) is 3.46. The van der Waals surface area contributed by atoms with Crippen molar-refractivity contribution in [3.63, 3.8) is 0 Å². The number of carbonyl (C=O) groups is 2. The van der Waals surface area contributed by atoms with Crippen molar-refractivity contribution >= 4 is 17.6 Å². The number of benzene rings is 2.